The Morgan fingerprint density at radius 2 is 1.89 bits per heavy atom. The van der Waals surface area contributed by atoms with Gasteiger partial charge in [0.1, 0.15) is 5.75 Å². The van der Waals surface area contributed by atoms with Gasteiger partial charge < -0.3 is 4.74 Å². The van der Waals surface area contributed by atoms with E-state index in [-0.39, 0.29) is 0 Å². The average molecular weight is 359 g/mol. The van der Waals surface area contributed by atoms with Gasteiger partial charge in [-0.2, -0.15) is 0 Å². The summed E-state index contributed by atoms with van der Waals surface area (Å²) in [4.78, 5) is 12.0. The highest BCUT2D eigenvalue weighted by Gasteiger charge is 2.25. The molecule has 2 aromatic carbocycles. The van der Waals surface area contributed by atoms with Crippen LogP contribution in [0.25, 0.3) is 11.3 Å². The van der Waals surface area contributed by atoms with E-state index in [2.05, 4.69) is 46.3 Å². The number of ether oxygens (including phenoxy) is 1. The Hall–Kier alpha value is -2.72. The van der Waals surface area contributed by atoms with Crippen molar-refractivity contribution in [3.63, 3.8) is 0 Å². The van der Waals surface area contributed by atoms with Crippen molar-refractivity contribution in [1.29, 1.82) is 0 Å². The fraction of sp³-hybridized carbons (Fsp3) is 0.304. The predicted octanol–water partition coefficient (Wildman–Crippen LogP) is 4.53. The molecule has 0 saturated carbocycles. The van der Waals surface area contributed by atoms with E-state index in [0.29, 0.717) is 5.92 Å². The molecule has 1 aromatic heterocycles. The molecule has 0 amide bonds. The lowest BCUT2D eigenvalue weighted by Crippen LogP contribution is -2.34. The zero-order valence-corrected chi connectivity index (χ0v) is 15.7. The summed E-state index contributed by atoms with van der Waals surface area (Å²) >= 11 is 0. The molecule has 1 atom stereocenters. The van der Waals surface area contributed by atoms with Crippen molar-refractivity contribution in [2.24, 2.45) is 0 Å². The topological polar surface area (TPSA) is 38.3 Å². The minimum absolute atomic E-state index is 0.400. The highest BCUT2D eigenvalue weighted by atomic mass is 16.5. The molecule has 1 aliphatic heterocycles. The molecule has 0 bridgehead atoms. The highest BCUT2D eigenvalue weighted by molar-refractivity contribution is 5.64. The first-order valence-electron chi connectivity index (χ1n) is 9.55. The summed E-state index contributed by atoms with van der Waals surface area (Å²) in [6, 6.07) is 18.8. The number of methoxy groups -OCH3 is 1. The normalized spacial score (nSPS) is 17.6. The summed E-state index contributed by atoms with van der Waals surface area (Å²) in [5, 5.41) is 0. The van der Waals surface area contributed by atoms with Gasteiger partial charge >= 0.3 is 0 Å². The van der Waals surface area contributed by atoms with E-state index in [0.717, 1.165) is 48.8 Å². The van der Waals surface area contributed by atoms with Gasteiger partial charge in [-0.25, -0.2) is 0 Å². The van der Waals surface area contributed by atoms with Crippen LogP contribution in [0.4, 0.5) is 0 Å². The predicted molar refractivity (Wildman–Crippen MR) is 108 cm³/mol. The molecule has 0 radical (unpaired) electrons. The molecule has 27 heavy (non-hydrogen) atoms. The first-order chi connectivity index (χ1) is 13.3. The van der Waals surface area contributed by atoms with Crippen LogP contribution in [0.2, 0.25) is 0 Å². The zero-order valence-electron chi connectivity index (χ0n) is 15.7. The average Bonchev–Trinajstić information content (AvgIpc) is 2.75. The maximum Gasteiger partial charge on any atom is 0.119 e. The molecule has 3 aromatic rings. The third-order valence-electron chi connectivity index (χ3n) is 5.21. The number of likely N-dealkylation sites (tertiary alicyclic amines) is 1. The molecular weight excluding hydrogens is 334 g/mol. The summed E-state index contributed by atoms with van der Waals surface area (Å²) < 4.78 is 5.39. The smallest absolute Gasteiger partial charge is 0.119 e. The molecule has 0 spiro atoms. The number of rotatable bonds is 5. The van der Waals surface area contributed by atoms with Gasteiger partial charge in [0.15, 0.2) is 0 Å². The number of hydrogen-bond donors (Lipinski definition) is 0. The Bertz CT molecular complexity index is 882. The maximum absolute atomic E-state index is 5.39. The number of benzene rings is 2. The fourth-order valence-corrected chi connectivity index (χ4v) is 3.90. The quantitative estimate of drug-likeness (QED) is 0.671. The second-order valence-electron chi connectivity index (χ2n) is 7.08. The van der Waals surface area contributed by atoms with Crippen molar-refractivity contribution in [2.45, 2.75) is 25.3 Å². The second kappa shape index (κ2) is 8.31. The first kappa shape index (κ1) is 17.7. The Kier molecular flexibility index (Phi) is 5.45. The van der Waals surface area contributed by atoms with Gasteiger partial charge in [-0.1, -0.05) is 42.5 Å². The molecule has 0 N–H and O–H groups in total. The van der Waals surface area contributed by atoms with Crippen molar-refractivity contribution in [2.75, 3.05) is 20.2 Å². The lowest BCUT2D eigenvalue weighted by atomic mass is 9.91. The molecule has 4 rings (SSSR count). The van der Waals surface area contributed by atoms with Gasteiger partial charge in [-0.05, 0) is 37.1 Å². The van der Waals surface area contributed by atoms with Crippen LogP contribution < -0.4 is 4.74 Å². The van der Waals surface area contributed by atoms with Crippen LogP contribution in [0.5, 0.6) is 5.75 Å². The van der Waals surface area contributed by atoms with E-state index < -0.39 is 0 Å². The van der Waals surface area contributed by atoms with Crippen LogP contribution in [0, 0.1) is 0 Å². The van der Waals surface area contributed by atoms with Crippen LogP contribution in [0.15, 0.2) is 67.0 Å². The number of piperidine rings is 1. The number of aromatic nitrogens is 2. The van der Waals surface area contributed by atoms with Gasteiger partial charge in [0, 0.05) is 37.0 Å². The highest BCUT2D eigenvalue weighted by Crippen LogP contribution is 2.33. The summed E-state index contributed by atoms with van der Waals surface area (Å²) in [7, 11) is 1.69. The first-order valence-corrected chi connectivity index (χ1v) is 9.55. The number of hydrogen-bond acceptors (Lipinski definition) is 4. The van der Waals surface area contributed by atoms with E-state index in [9.17, 15) is 0 Å². The zero-order chi connectivity index (χ0) is 18.5. The standard InChI is InChI=1S/C23H25N3O/c1-27-21-11-5-9-19(15-21)22-23(25-13-12-24-22)20-10-6-14-26(17-20)16-18-7-3-2-4-8-18/h2-5,7-9,11-13,15,20H,6,10,14,16-17H2,1H3. The van der Waals surface area contributed by atoms with Crippen LogP contribution >= 0.6 is 0 Å². The fourth-order valence-electron chi connectivity index (χ4n) is 3.90. The SMILES string of the molecule is COc1cccc(-c2nccnc2C2CCCN(Cc3ccccc3)C2)c1. The lowest BCUT2D eigenvalue weighted by Gasteiger charge is -2.33. The lowest BCUT2D eigenvalue weighted by molar-refractivity contribution is 0.198. The van der Waals surface area contributed by atoms with Gasteiger partial charge in [-0.15, -0.1) is 0 Å². The minimum Gasteiger partial charge on any atom is -0.497 e. The van der Waals surface area contributed by atoms with Crippen LogP contribution in [-0.2, 0) is 6.54 Å². The Balaban J connectivity index is 1.57. The summed E-state index contributed by atoms with van der Waals surface area (Å²) in [6.45, 7) is 3.15. The van der Waals surface area contributed by atoms with E-state index in [1.54, 1.807) is 13.3 Å². The third kappa shape index (κ3) is 4.17. The summed E-state index contributed by atoms with van der Waals surface area (Å²) in [5.74, 6) is 1.25. The van der Waals surface area contributed by atoms with Crippen molar-refractivity contribution in [3.05, 3.63) is 78.2 Å². The second-order valence-corrected chi connectivity index (χ2v) is 7.08. The monoisotopic (exact) mass is 359 g/mol. The molecule has 138 valence electrons. The Labute approximate surface area is 160 Å². The molecule has 0 aliphatic carbocycles. The maximum atomic E-state index is 5.39. The van der Waals surface area contributed by atoms with Gasteiger partial charge in [0.05, 0.1) is 18.5 Å². The van der Waals surface area contributed by atoms with E-state index in [4.69, 9.17) is 9.72 Å². The molecule has 2 heterocycles. The van der Waals surface area contributed by atoms with Crippen LogP contribution in [-0.4, -0.2) is 35.1 Å². The largest absolute Gasteiger partial charge is 0.497 e. The van der Waals surface area contributed by atoms with Gasteiger partial charge in [0.2, 0.25) is 0 Å². The van der Waals surface area contributed by atoms with Gasteiger partial charge in [-0.3, -0.25) is 14.9 Å². The molecule has 1 unspecified atom stereocenters. The van der Waals surface area contributed by atoms with E-state index in [1.807, 2.05) is 24.4 Å². The van der Waals surface area contributed by atoms with E-state index in [1.165, 1.54) is 12.0 Å². The molecule has 1 fully saturated rings. The molecule has 1 aliphatic rings. The van der Waals surface area contributed by atoms with E-state index >= 15 is 0 Å². The summed E-state index contributed by atoms with van der Waals surface area (Å²) in [5.41, 5.74) is 4.51. The third-order valence-corrected chi connectivity index (χ3v) is 5.21. The van der Waals surface area contributed by atoms with Crippen molar-refractivity contribution >= 4 is 0 Å². The van der Waals surface area contributed by atoms with Crippen LogP contribution in [0.3, 0.4) is 0 Å². The molecule has 4 heteroatoms. The van der Waals surface area contributed by atoms with Crippen LogP contribution in [0.1, 0.15) is 30.0 Å². The van der Waals surface area contributed by atoms with Crippen molar-refractivity contribution in [1.82, 2.24) is 14.9 Å². The Morgan fingerprint density at radius 1 is 1.04 bits per heavy atom. The minimum atomic E-state index is 0.400. The molecule has 1 saturated heterocycles. The molecular formula is C23H25N3O. The van der Waals surface area contributed by atoms with Gasteiger partial charge in [0.25, 0.3) is 0 Å². The Morgan fingerprint density at radius 3 is 2.74 bits per heavy atom. The number of nitrogens with zero attached hydrogens (tertiary/aromatic N) is 3. The van der Waals surface area contributed by atoms with Crippen molar-refractivity contribution in [3.8, 4) is 17.0 Å². The molecule has 4 nitrogen and oxygen atoms in total. The van der Waals surface area contributed by atoms with Crippen molar-refractivity contribution < 1.29 is 4.74 Å². The summed E-state index contributed by atoms with van der Waals surface area (Å²) in [6.07, 6.45) is 5.94.